The van der Waals surface area contributed by atoms with Crippen molar-refractivity contribution in [3.63, 3.8) is 0 Å². The maximum absolute atomic E-state index is 6.08. The van der Waals surface area contributed by atoms with Crippen LogP contribution in [0.4, 0.5) is 0 Å². The van der Waals surface area contributed by atoms with E-state index in [9.17, 15) is 0 Å². The summed E-state index contributed by atoms with van der Waals surface area (Å²) in [6.45, 7) is 0. The van der Waals surface area contributed by atoms with E-state index in [4.69, 9.17) is 11.6 Å². The van der Waals surface area contributed by atoms with E-state index in [0.717, 1.165) is 17.5 Å². The number of benzene rings is 2. The molecule has 3 aromatic rings. The highest BCUT2D eigenvalue weighted by Crippen LogP contribution is 2.22. The van der Waals surface area contributed by atoms with Crippen LogP contribution < -0.4 is 0 Å². The molecule has 0 N–H and O–H groups in total. The molecule has 0 atom stereocenters. The lowest BCUT2D eigenvalue weighted by Gasteiger charge is -2.06. The van der Waals surface area contributed by atoms with E-state index in [2.05, 4.69) is 29.2 Å². The highest BCUT2D eigenvalue weighted by Gasteiger charge is 2.05. The number of aromatic nitrogens is 1. The van der Waals surface area contributed by atoms with E-state index < -0.39 is 0 Å². The largest absolute Gasteiger partial charge is 0.240 e. The average Bonchev–Trinajstić information content (AvgIpc) is 2.40. The molecule has 0 saturated heterocycles. The van der Waals surface area contributed by atoms with Crippen LogP contribution in [0.25, 0.3) is 10.8 Å². The van der Waals surface area contributed by atoms with Crippen LogP contribution in [0, 0.1) is 0 Å². The summed E-state index contributed by atoms with van der Waals surface area (Å²) in [6, 6.07) is 20.4. The first-order valence-corrected chi connectivity index (χ1v) is 6.29. The van der Waals surface area contributed by atoms with E-state index in [1.165, 1.54) is 10.9 Å². The van der Waals surface area contributed by atoms with Crippen molar-refractivity contribution in [1.82, 2.24) is 4.98 Å². The van der Waals surface area contributed by atoms with E-state index in [-0.39, 0.29) is 0 Å². The van der Waals surface area contributed by atoms with Gasteiger partial charge in [-0.1, -0.05) is 66.2 Å². The maximum atomic E-state index is 6.08. The Morgan fingerprint density at radius 1 is 0.889 bits per heavy atom. The van der Waals surface area contributed by atoms with Crippen LogP contribution in [0.5, 0.6) is 0 Å². The summed E-state index contributed by atoms with van der Waals surface area (Å²) in [5.41, 5.74) is 2.28. The predicted octanol–water partition coefficient (Wildman–Crippen LogP) is 4.48. The van der Waals surface area contributed by atoms with Crippen LogP contribution in [-0.4, -0.2) is 4.98 Å². The molecule has 0 radical (unpaired) electrons. The van der Waals surface area contributed by atoms with Crippen molar-refractivity contribution in [2.45, 2.75) is 6.42 Å². The number of rotatable bonds is 2. The molecule has 0 bridgehead atoms. The van der Waals surface area contributed by atoms with Gasteiger partial charge in [0.25, 0.3) is 0 Å². The van der Waals surface area contributed by atoms with E-state index in [0.29, 0.717) is 5.15 Å². The number of pyridine rings is 1. The Morgan fingerprint density at radius 2 is 1.61 bits per heavy atom. The van der Waals surface area contributed by atoms with Gasteiger partial charge in [0.15, 0.2) is 0 Å². The monoisotopic (exact) mass is 253 g/mol. The minimum absolute atomic E-state index is 0.555. The summed E-state index contributed by atoms with van der Waals surface area (Å²) in [5.74, 6) is 0. The number of fused-ring (bicyclic) bond motifs is 1. The second-order valence-electron chi connectivity index (χ2n) is 4.28. The van der Waals surface area contributed by atoms with Crippen LogP contribution in [0.1, 0.15) is 11.3 Å². The molecule has 88 valence electrons. The predicted molar refractivity (Wildman–Crippen MR) is 76.0 cm³/mol. The van der Waals surface area contributed by atoms with Gasteiger partial charge in [-0.2, -0.15) is 0 Å². The molecule has 0 aliphatic rings. The van der Waals surface area contributed by atoms with Crippen LogP contribution in [0.15, 0.2) is 60.7 Å². The van der Waals surface area contributed by atoms with Gasteiger partial charge < -0.3 is 0 Å². The molecule has 0 spiro atoms. The summed E-state index contributed by atoms with van der Waals surface area (Å²) >= 11 is 6.08. The third kappa shape index (κ3) is 2.22. The first-order chi connectivity index (χ1) is 8.83. The zero-order chi connectivity index (χ0) is 12.4. The average molecular weight is 254 g/mol. The maximum Gasteiger partial charge on any atom is 0.129 e. The normalized spacial score (nSPS) is 10.7. The van der Waals surface area contributed by atoms with Crippen molar-refractivity contribution < 1.29 is 0 Å². The summed E-state index contributed by atoms with van der Waals surface area (Å²) in [5, 5.41) is 2.87. The minimum atomic E-state index is 0.555. The van der Waals surface area contributed by atoms with Gasteiger partial charge in [-0.25, -0.2) is 4.98 Å². The Balaban J connectivity index is 2.11. The standard InChI is InChI=1S/C16H12ClN/c17-16-11-13-8-4-5-9-14(13)15(18-16)10-12-6-2-1-3-7-12/h1-9,11H,10H2. The molecular weight excluding hydrogens is 242 g/mol. The number of hydrogen-bond acceptors (Lipinski definition) is 1. The molecule has 0 saturated carbocycles. The fourth-order valence-electron chi connectivity index (χ4n) is 2.16. The highest BCUT2D eigenvalue weighted by molar-refractivity contribution is 6.30. The Bertz CT molecular complexity index is 677. The van der Waals surface area contributed by atoms with Gasteiger partial charge in [0, 0.05) is 11.8 Å². The van der Waals surface area contributed by atoms with Crippen molar-refractivity contribution in [1.29, 1.82) is 0 Å². The molecule has 0 aliphatic carbocycles. The van der Waals surface area contributed by atoms with Gasteiger partial charge in [0.2, 0.25) is 0 Å². The van der Waals surface area contributed by atoms with Crippen LogP contribution in [0.3, 0.4) is 0 Å². The van der Waals surface area contributed by atoms with Crippen molar-refractivity contribution in [3.05, 3.63) is 77.1 Å². The molecule has 1 heterocycles. The van der Waals surface area contributed by atoms with Crippen molar-refractivity contribution in [3.8, 4) is 0 Å². The molecule has 0 aliphatic heterocycles. The summed E-state index contributed by atoms with van der Waals surface area (Å²) in [4.78, 5) is 4.46. The molecule has 0 fully saturated rings. The van der Waals surface area contributed by atoms with E-state index >= 15 is 0 Å². The van der Waals surface area contributed by atoms with Gasteiger partial charge in [-0.3, -0.25) is 0 Å². The first kappa shape index (κ1) is 11.2. The highest BCUT2D eigenvalue weighted by atomic mass is 35.5. The SMILES string of the molecule is Clc1cc2ccccc2c(Cc2ccccc2)n1. The van der Waals surface area contributed by atoms with E-state index in [1.807, 2.05) is 36.4 Å². The topological polar surface area (TPSA) is 12.9 Å². The fraction of sp³-hybridized carbons (Fsp3) is 0.0625. The van der Waals surface area contributed by atoms with E-state index in [1.54, 1.807) is 0 Å². The Labute approximate surface area is 111 Å². The number of halogens is 1. The fourth-order valence-corrected chi connectivity index (χ4v) is 2.38. The zero-order valence-electron chi connectivity index (χ0n) is 9.81. The smallest absolute Gasteiger partial charge is 0.129 e. The molecule has 1 aromatic heterocycles. The lowest BCUT2D eigenvalue weighted by molar-refractivity contribution is 1.10. The second-order valence-corrected chi connectivity index (χ2v) is 4.66. The van der Waals surface area contributed by atoms with Crippen molar-refractivity contribution in [2.75, 3.05) is 0 Å². The molecule has 0 unspecified atom stereocenters. The Morgan fingerprint density at radius 3 is 2.44 bits per heavy atom. The number of hydrogen-bond donors (Lipinski definition) is 0. The summed E-state index contributed by atoms with van der Waals surface area (Å²) in [7, 11) is 0. The zero-order valence-corrected chi connectivity index (χ0v) is 10.6. The molecule has 2 heteroatoms. The third-order valence-electron chi connectivity index (χ3n) is 3.00. The van der Waals surface area contributed by atoms with Gasteiger partial charge in [-0.05, 0) is 17.0 Å². The van der Waals surface area contributed by atoms with Crippen molar-refractivity contribution >= 4 is 22.4 Å². The van der Waals surface area contributed by atoms with Gasteiger partial charge in [-0.15, -0.1) is 0 Å². The molecule has 3 rings (SSSR count). The number of nitrogens with zero attached hydrogens (tertiary/aromatic N) is 1. The Kier molecular flexibility index (Phi) is 2.99. The molecular formula is C16H12ClN. The van der Waals surface area contributed by atoms with Gasteiger partial charge in [0.05, 0.1) is 5.69 Å². The van der Waals surface area contributed by atoms with Gasteiger partial charge >= 0.3 is 0 Å². The molecule has 2 aromatic carbocycles. The van der Waals surface area contributed by atoms with Crippen molar-refractivity contribution in [2.24, 2.45) is 0 Å². The van der Waals surface area contributed by atoms with Crippen LogP contribution in [-0.2, 0) is 6.42 Å². The quantitative estimate of drug-likeness (QED) is 0.614. The molecule has 1 nitrogen and oxygen atoms in total. The van der Waals surface area contributed by atoms with Gasteiger partial charge in [0.1, 0.15) is 5.15 Å². The second kappa shape index (κ2) is 4.79. The lowest BCUT2D eigenvalue weighted by Crippen LogP contribution is -1.94. The first-order valence-electron chi connectivity index (χ1n) is 5.91. The Hall–Kier alpha value is -1.86. The van der Waals surface area contributed by atoms with Crippen LogP contribution in [0.2, 0.25) is 5.15 Å². The molecule has 18 heavy (non-hydrogen) atoms. The lowest BCUT2D eigenvalue weighted by atomic mass is 10.0. The summed E-state index contributed by atoms with van der Waals surface area (Å²) in [6.07, 6.45) is 0.807. The third-order valence-corrected chi connectivity index (χ3v) is 3.20. The minimum Gasteiger partial charge on any atom is -0.240 e. The van der Waals surface area contributed by atoms with Crippen LogP contribution >= 0.6 is 11.6 Å². The molecule has 0 amide bonds. The summed E-state index contributed by atoms with van der Waals surface area (Å²) < 4.78 is 0.